The van der Waals surface area contributed by atoms with Crippen LogP contribution < -0.4 is 5.56 Å². The lowest BCUT2D eigenvalue weighted by atomic mass is 10.0. The summed E-state index contributed by atoms with van der Waals surface area (Å²) < 4.78 is 25.8. The summed E-state index contributed by atoms with van der Waals surface area (Å²) in [6.07, 6.45) is 1.34. The molecule has 7 heteroatoms. The summed E-state index contributed by atoms with van der Waals surface area (Å²) in [6.45, 7) is 2.39. The van der Waals surface area contributed by atoms with Crippen molar-refractivity contribution in [3.8, 4) is 0 Å². The summed E-state index contributed by atoms with van der Waals surface area (Å²) in [6, 6.07) is 2.49. The van der Waals surface area contributed by atoms with E-state index < -0.39 is 16.1 Å². The topological polar surface area (TPSA) is 90.5 Å². The number of aliphatic hydroxyl groups excluding tert-OH is 1. The van der Waals surface area contributed by atoms with Crippen LogP contribution in [-0.4, -0.2) is 42.0 Å². The molecule has 0 bridgehead atoms. The highest BCUT2D eigenvalue weighted by Gasteiger charge is 2.34. The van der Waals surface area contributed by atoms with E-state index in [1.807, 2.05) is 0 Å². The standard InChI is InChI=1S/C11H16N2O4S/c1-8(14)9-4-5-13(7-9)18(16,17)10-2-3-11(15)12-6-10/h2-3,6,8-9,14H,4-5,7H2,1H3,(H,12,15). The van der Waals surface area contributed by atoms with Gasteiger partial charge in [-0.1, -0.05) is 0 Å². The van der Waals surface area contributed by atoms with E-state index in [4.69, 9.17) is 0 Å². The van der Waals surface area contributed by atoms with E-state index in [1.54, 1.807) is 6.92 Å². The van der Waals surface area contributed by atoms with Crippen LogP contribution in [0.15, 0.2) is 28.0 Å². The normalized spacial score (nSPS) is 23.1. The van der Waals surface area contributed by atoms with Gasteiger partial charge in [0, 0.05) is 25.4 Å². The Hall–Kier alpha value is -1.18. The van der Waals surface area contributed by atoms with Crippen LogP contribution in [-0.2, 0) is 10.0 Å². The maximum absolute atomic E-state index is 12.2. The fraction of sp³-hybridized carbons (Fsp3) is 0.545. The van der Waals surface area contributed by atoms with Gasteiger partial charge in [0.25, 0.3) is 0 Å². The molecule has 1 aromatic heterocycles. The van der Waals surface area contributed by atoms with Crippen molar-refractivity contribution in [2.45, 2.75) is 24.3 Å². The van der Waals surface area contributed by atoms with Crippen molar-refractivity contribution in [1.29, 1.82) is 0 Å². The van der Waals surface area contributed by atoms with Crippen molar-refractivity contribution in [3.63, 3.8) is 0 Å². The van der Waals surface area contributed by atoms with Gasteiger partial charge in [0.05, 0.1) is 11.0 Å². The predicted molar refractivity (Wildman–Crippen MR) is 65.6 cm³/mol. The van der Waals surface area contributed by atoms with E-state index in [0.29, 0.717) is 19.5 Å². The molecule has 0 aromatic carbocycles. The fourth-order valence-electron chi connectivity index (χ4n) is 2.07. The van der Waals surface area contributed by atoms with Crippen LogP contribution in [0.3, 0.4) is 0 Å². The average molecular weight is 272 g/mol. The van der Waals surface area contributed by atoms with Gasteiger partial charge in [0.15, 0.2) is 0 Å². The van der Waals surface area contributed by atoms with E-state index in [2.05, 4.69) is 4.98 Å². The predicted octanol–water partition coefficient (Wildman–Crippen LogP) is -0.234. The Kier molecular flexibility index (Phi) is 3.56. The number of hydrogen-bond donors (Lipinski definition) is 2. The summed E-state index contributed by atoms with van der Waals surface area (Å²) >= 11 is 0. The number of aromatic nitrogens is 1. The molecule has 1 fully saturated rings. The summed E-state index contributed by atoms with van der Waals surface area (Å²) in [5.41, 5.74) is -0.336. The van der Waals surface area contributed by atoms with Crippen molar-refractivity contribution < 1.29 is 13.5 Å². The molecule has 0 radical (unpaired) electrons. The van der Waals surface area contributed by atoms with Gasteiger partial charge in [-0.2, -0.15) is 4.31 Å². The molecule has 0 saturated carbocycles. The summed E-state index contributed by atoms with van der Waals surface area (Å²) in [7, 11) is -3.57. The second-order valence-corrected chi connectivity index (χ2v) is 6.48. The van der Waals surface area contributed by atoms with Crippen LogP contribution in [0, 0.1) is 5.92 Å². The van der Waals surface area contributed by atoms with Crippen LogP contribution in [0.1, 0.15) is 13.3 Å². The largest absolute Gasteiger partial charge is 0.393 e. The maximum atomic E-state index is 12.2. The maximum Gasteiger partial charge on any atom is 0.247 e. The van der Waals surface area contributed by atoms with Crippen molar-refractivity contribution >= 4 is 10.0 Å². The number of aliphatic hydroxyl groups is 1. The summed E-state index contributed by atoms with van der Waals surface area (Å²) in [4.78, 5) is 13.3. The molecule has 1 aliphatic heterocycles. The number of nitrogens with zero attached hydrogens (tertiary/aromatic N) is 1. The van der Waals surface area contributed by atoms with Crippen molar-refractivity contribution in [1.82, 2.24) is 9.29 Å². The van der Waals surface area contributed by atoms with Crippen LogP contribution >= 0.6 is 0 Å². The Labute approximate surface area is 105 Å². The highest BCUT2D eigenvalue weighted by molar-refractivity contribution is 7.89. The molecule has 2 rings (SSSR count). The van der Waals surface area contributed by atoms with Gasteiger partial charge in [0.2, 0.25) is 15.6 Å². The molecule has 1 aromatic rings. The summed E-state index contributed by atoms with van der Waals surface area (Å²) in [5.74, 6) is -0.0254. The Bertz CT molecular complexity index is 558. The first-order valence-electron chi connectivity index (χ1n) is 5.78. The molecule has 0 aliphatic carbocycles. The molecular formula is C11H16N2O4S. The lowest BCUT2D eigenvalue weighted by molar-refractivity contribution is 0.133. The molecule has 1 aliphatic rings. The highest BCUT2D eigenvalue weighted by Crippen LogP contribution is 2.25. The Morgan fingerprint density at radius 3 is 2.72 bits per heavy atom. The zero-order valence-electron chi connectivity index (χ0n) is 10.0. The zero-order chi connectivity index (χ0) is 13.3. The van der Waals surface area contributed by atoms with Crippen molar-refractivity contribution in [2.75, 3.05) is 13.1 Å². The second kappa shape index (κ2) is 4.83. The lowest BCUT2D eigenvalue weighted by Gasteiger charge is -2.17. The van der Waals surface area contributed by atoms with Gasteiger partial charge in [-0.15, -0.1) is 0 Å². The van der Waals surface area contributed by atoms with Gasteiger partial charge >= 0.3 is 0 Å². The first-order chi connectivity index (χ1) is 8.41. The quantitative estimate of drug-likeness (QED) is 0.795. The molecule has 100 valence electrons. The van der Waals surface area contributed by atoms with Crippen molar-refractivity contribution in [2.24, 2.45) is 5.92 Å². The van der Waals surface area contributed by atoms with Gasteiger partial charge in [-0.25, -0.2) is 8.42 Å². The molecule has 2 N–H and O–H groups in total. The van der Waals surface area contributed by atoms with E-state index in [0.717, 1.165) is 0 Å². The minimum absolute atomic E-state index is 0.0254. The highest BCUT2D eigenvalue weighted by atomic mass is 32.2. The minimum atomic E-state index is -3.57. The summed E-state index contributed by atoms with van der Waals surface area (Å²) in [5, 5.41) is 9.47. The Morgan fingerprint density at radius 1 is 1.50 bits per heavy atom. The van der Waals surface area contributed by atoms with Crippen LogP contribution in [0.4, 0.5) is 0 Å². The number of aromatic amines is 1. The Balaban J connectivity index is 2.23. The van der Waals surface area contributed by atoms with Gasteiger partial charge in [-0.3, -0.25) is 4.79 Å². The van der Waals surface area contributed by atoms with E-state index >= 15 is 0 Å². The molecule has 0 spiro atoms. The first kappa shape index (κ1) is 13.3. The van der Waals surface area contributed by atoms with Gasteiger partial charge in [0.1, 0.15) is 0 Å². The van der Waals surface area contributed by atoms with Crippen LogP contribution in [0.5, 0.6) is 0 Å². The molecule has 2 heterocycles. The number of nitrogens with one attached hydrogen (secondary N) is 1. The number of H-pyrrole nitrogens is 1. The van der Waals surface area contributed by atoms with Crippen molar-refractivity contribution in [3.05, 3.63) is 28.7 Å². The fourth-order valence-corrected chi connectivity index (χ4v) is 3.55. The molecule has 18 heavy (non-hydrogen) atoms. The smallest absolute Gasteiger partial charge is 0.247 e. The molecule has 0 amide bonds. The zero-order valence-corrected chi connectivity index (χ0v) is 10.9. The lowest BCUT2D eigenvalue weighted by Crippen LogP contribution is -2.30. The van der Waals surface area contributed by atoms with E-state index in [-0.39, 0.29) is 16.4 Å². The monoisotopic (exact) mass is 272 g/mol. The van der Waals surface area contributed by atoms with E-state index in [9.17, 15) is 18.3 Å². The third kappa shape index (κ3) is 2.47. The SMILES string of the molecule is CC(O)C1CCN(S(=O)(=O)c2ccc(=O)[nH]c2)C1. The Morgan fingerprint density at radius 2 is 2.22 bits per heavy atom. The molecule has 2 atom stereocenters. The third-order valence-electron chi connectivity index (χ3n) is 3.26. The van der Waals surface area contributed by atoms with E-state index in [1.165, 1.54) is 22.6 Å². The van der Waals surface area contributed by atoms with Crippen LogP contribution in [0.25, 0.3) is 0 Å². The molecule has 1 saturated heterocycles. The average Bonchev–Trinajstić information content (AvgIpc) is 2.79. The van der Waals surface area contributed by atoms with Gasteiger partial charge < -0.3 is 10.1 Å². The van der Waals surface area contributed by atoms with Crippen LogP contribution in [0.2, 0.25) is 0 Å². The minimum Gasteiger partial charge on any atom is -0.393 e. The van der Waals surface area contributed by atoms with Gasteiger partial charge in [-0.05, 0) is 25.3 Å². The number of rotatable bonds is 3. The third-order valence-corrected chi connectivity index (χ3v) is 5.12. The number of pyridine rings is 1. The molecular weight excluding hydrogens is 256 g/mol. The number of hydrogen-bond acceptors (Lipinski definition) is 4. The first-order valence-corrected chi connectivity index (χ1v) is 7.22. The second-order valence-electron chi connectivity index (χ2n) is 4.54. The number of sulfonamides is 1. The molecule has 2 unspecified atom stereocenters. The molecule has 6 nitrogen and oxygen atoms in total.